The van der Waals surface area contributed by atoms with Gasteiger partial charge in [0.05, 0.1) is 0 Å². The maximum absolute atomic E-state index is 4.60. The van der Waals surface area contributed by atoms with Crippen molar-refractivity contribution in [3.05, 3.63) is 11.1 Å². The first-order valence-corrected chi connectivity index (χ1v) is 8.12. The molecule has 2 aliphatic rings. The van der Waals surface area contributed by atoms with Crippen LogP contribution in [0.2, 0.25) is 0 Å². The number of hydrogen-bond acceptors (Lipinski definition) is 5. The molecular formula is C14H24N4S. The molecule has 1 aromatic heterocycles. The van der Waals surface area contributed by atoms with Gasteiger partial charge in [0, 0.05) is 49.8 Å². The van der Waals surface area contributed by atoms with Crippen molar-refractivity contribution < 1.29 is 0 Å². The zero-order chi connectivity index (χ0) is 13.2. The van der Waals surface area contributed by atoms with E-state index in [-0.39, 0.29) is 0 Å². The number of rotatable bonds is 4. The predicted octanol–water partition coefficient (Wildman–Crippen LogP) is 1.88. The van der Waals surface area contributed by atoms with Crippen LogP contribution in [0.4, 0.5) is 5.13 Å². The molecule has 4 nitrogen and oxygen atoms in total. The van der Waals surface area contributed by atoms with E-state index in [9.17, 15) is 0 Å². The quantitative estimate of drug-likeness (QED) is 0.840. The maximum atomic E-state index is 4.60. The van der Waals surface area contributed by atoms with E-state index in [1.165, 1.54) is 55.5 Å². The summed E-state index contributed by atoms with van der Waals surface area (Å²) in [6.45, 7) is 5.89. The van der Waals surface area contributed by atoms with Gasteiger partial charge < -0.3 is 9.80 Å². The number of anilines is 1. The SMILES string of the molecule is CN(C)C1CCN(Cc2cnc(N3CCCC3)s2)C1. The Labute approximate surface area is 120 Å². The molecule has 3 rings (SSSR count). The minimum absolute atomic E-state index is 0.728. The van der Waals surface area contributed by atoms with Crippen molar-refractivity contribution in [2.24, 2.45) is 0 Å². The number of likely N-dealkylation sites (tertiary alicyclic amines) is 1. The highest BCUT2D eigenvalue weighted by atomic mass is 32.1. The van der Waals surface area contributed by atoms with Crippen LogP contribution in [0.15, 0.2) is 6.20 Å². The third kappa shape index (κ3) is 3.09. The van der Waals surface area contributed by atoms with Gasteiger partial charge in [-0.1, -0.05) is 0 Å². The maximum Gasteiger partial charge on any atom is 0.185 e. The monoisotopic (exact) mass is 280 g/mol. The van der Waals surface area contributed by atoms with Crippen LogP contribution in [0.5, 0.6) is 0 Å². The molecular weight excluding hydrogens is 256 g/mol. The van der Waals surface area contributed by atoms with E-state index in [0.29, 0.717) is 0 Å². The Morgan fingerprint density at radius 1 is 1.32 bits per heavy atom. The van der Waals surface area contributed by atoms with Gasteiger partial charge in [-0.15, -0.1) is 11.3 Å². The summed E-state index contributed by atoms with van der Waals surface area (Å²) in [7, 11) is 4.37. The summed E-state index contributed by atoms with van der Waals surface area (Å²) in [4.78, 5) is 13.4. The first-order chi connectivity index (χ1) is 9.22. The zero-order valence-corrected chi connectivity index (χ0v) is 12.8. The molecule has 0 spiro atoms. The number of likely N-dealkylation sites (N-methyl/N-ethyl adjacent to an activating group) is 1. The first-order valence-electron chi connectivity index (χ1n) is 7.31. The van der Waals surface area contributed by atoms with E-state index in [0.717, 1.165) is 12.6 Å². The molecule has 1 aromatic rings. The molecule has 1 atom stereocenters. The fourth-order valence-corrected chi connectivity index (χ4v) is 4.03. The zero-order valence-electron chi connectivity index (χ0n) is 12.0. The summed E-state index contributed by atoms with van der Waals surface area (Å²) in [5.74, 6) is 0. The molecule has 2 aliphatic heterocycles. The van der Waals surface area contributed by atoms with E-state index in [1.807, 2.05) is 11.3 Å². The molecule has 0 aromatic carbocycles. The number of thiazole rings is 1. The fraction of sp³-hybridized carbons (Fsp3) is 0.786. The normalized spacial score (nSPS) is 24.8. The van der Waals surface area contributed by atoms with Crippen molar-refractivity contribution in [1.29, 1.82) is 0 Å². The Morgan fingerprint density at radius 2 is 2.11 bits per heavy atom. The molecule has 106 valence electrons. The molecule has 2 saturated heterocycles. The van der Waals surface area contributed by atoms with Crippen LogP contribution in [-0.4, -0.2) is 61.1 Å². The molecule has 19 heavy (non-hydrogen) atoms. The van der Waals surface area contributed by atoms with E-state index in [1.54, 1.807) is 0 Å². The number of nitrogens with zero attached hydrogens (tertiary/aromatic N) is 4. The average molecular weight is 280 g/mol. The Hall–Kier alpha value is -0.650. The summed E-state index contributed by atoms with van der Waals surface area (Å²) < 4.78 is 0. The molecule has 0 aliphatic carbocycles. The Kier molecular flexibility index (Phi) is 4.05. The third-order valence-electron chi connectivity index (χ3n) is 4.28. The molecule has 5 heteroatoms. The van der Waals surface area contributed by atoms with E-state index in [2.05, 4.69) is 40.0 Å². The average Bonchev–Trinajstić information content (AvgIpc) is 3.09. The van der Waals surface area contributed by atoms with Gasteiger partial charge >= 0.3 is 0 Å². The Balaban J connectivity index is 1.56. The van der Waals surface area contributed by atoms with Gasteiger partial charge in [0.1, 0.15) is 0 Å². The van der Waals surface area contributed by atoms with Gasteiger partial charge in [-0.3, -0.25) is 4.90 Å². The highest BCUT2D eigenvalue weighted by Gasteiger charge is 2.24. The van der Waals surface area contributed by atoms with E-state index >= 15 is 0 Å². The second kappa shape index (κ2) is 5.77. The molecule has 0 saturated carbocycles. The van der Waals surface area contributed by atoms with E-state index in [4.69, 9.17) is 0 Å². The highest BCUT2D eigenvalue weighted by molar-refractivity contribution is 7.15. The van der Waals surface area contributed by atoms with Crippen LogP contribution in [0.25, 0.3) is 0 Å². The molecule has 0 amide bonds. The summed E-state index contributed by atoms with van der Waals surface area (Å²) in [6, 6.07) is 0.728. The molecule has 0 N–H and O–H groups in total. The van der Waals surface area contributed by atoms with Gasteiger partial charge in [0.15, 0.2) is 5.13 Å². The topological polar surface area (TPSA) is 22.6 Å². The summed E-state index contributed by atoms with van der Waals surface area (Å²) >= 11 is 1.89. The van der Waals surface area contributed by atoms with E-state index < -0.39 is 0 Å². The lowest BCUT2D eigenvalue weighted by Crippen LogP contribution is -2.31. The van der Waals surface area contributed by atoms with Crippen molar-refractivity contribution in [3.63, 3.8) is 0 Å². The fourth-order valence-electron chi connectivity index (χ4n) is 3.02. The van der Waals surface area contributed by atoms with Crippen LogP contribution in [0.3, 0.4) is 0 Å². The van der Waals surface area contributed by atoms with Crippen molar-refractivity contribution >= 4 is 16.5 Å². The lowest BCUT2D eigenvalue weighted by molar-refractivity contribution is 0.266. The van der Waals surface area contributed by atoms with Crippen LogP contribution >= 0.6 is 11.3 Å². The smallest absolute Gasteiger partial charge is 0.185 e. The van der Waals surface area contributed by atoms with Crippen LogP contribution < -0.4 is 4.90 Å². The van der Waals surface area contributed by atoms with Crippen molar-refractivity contribution in [2.75, 3.05) is 45.2 Å². The third-order valence-corrected chi connectivity index (χ3v) is 5.32. The molecule has 1 unspecified atom stereocenters. The van der Waals surface area contributed by atoms with Crippen molar-refractivity contribution in [1.82, 2.24) is 14.8 Å². The van der Waals surface area contributed by atoms with Gasteiger partial charge in [0.25, 0.3) is 0 Å². The Morgan fingerprint density at radius 3 is 2.79 bits per heavy atom. The van der Waals surface area contributed by atoms with Gasteiger partial charge in [-0.25, -0.2) is 4.98 Å². The summed E-state index contributed by atoms with van der Waals surface area (Å²) in [5, 5.41) is 1.23. The second-order valence-electron chi connectivity index (χ2n) is 5.94. The van der Waals surface area contributed by atoms with Gasteiger partial charge in [-0.2, -0.15) is 0 Å². The molecule has 0 radical (unpaired) electrons. The Bertz CT molecular complexity index is 411. The predicted molar refractivity (Wildman–Crippen MR) is 80.9 cm³/mol. The lowest BCUT2D eigenvalue weighted by Gasteiger charge is -2.19. The molecule has 0 bridgehead atoms. The standard InChI is InChI=1S/C14H24N4S/c1-16(2)12-5-8-17(10-12)11-13-9-15-14(19-13)18-6-3-4-7-18/h9,12H,3-8,10-11H2,1-2H3. The van der Waals surface area contributed by atoms with Crippen molar-refractivity contribution in [3.8, 4) is 0 Å². The molecule has 2 fully saturated rings. The summed E-state index contributed by atoms with van der Waals surface area (Å²) in [6.07, 6.45) is 6.03. The number of hydrogen-bond donors (Lipinski definition) is 0. The number of aromatic nitrogens is 1. The first kappa shape index (κ1) is 13.3. The van der Waals surface area contributed by atoms with Gasteiger partial charge in [0.2, 0.25) is 0 Å². The van der Waals surface area contributed by atoms with Crippen molar-refractivity contribution in [2.45, 2.75) is 31.8 Å². The van der Waals surface area contributed by atoms with Gasteiger partial charge in [-0.05, 0) is 33.4 Å². The van der Waals surface area contributed by atoms with Crippen LogP contribution in [0.1, 0.15) is 24.1 Å². The van der Waals surface area contributed by atoms with Crippen LogP contribution in [-0.2, 0) is 6.54 Å². The van der Waals surface area contributed by atoms with Crippen LogP contribution in [0, 0.1) is 0 Å². The minimum Gasteiger partial charge on any atom is -0.348 e. The largest absolute Gasteiger partial charge is 0.348 e. The molecule has 3 heterocycles. The summed E-state index contributed by atoms with van der Waals surface area (Å²) in [5.41, 5.74) is 0. The lowest BCUT2D eigenvalue weighted by atomic mass is 10.2. The second-order valence-corrected chi connectivity index (χ2v) is 7.04. The minimum atomic E-state index is 0.728. The highest BCUT2D eigenvalue weighted by Crippen LogP contribution is 2.27.